The number of rotatable bonds is 6. The number of hydrogen-bond acceptors (Lipinski definition) is 4. The van der Waals surface area contributed by atoms with Gasteiger partial charge in [0.05, 0.1) is 6.20 Å². The van der Waals surface area contributed by atoms with Gasteiger partial charge in [-0.1, -0.05) is 0 Å². The number of amides is 1. The van der Waals surface area contributed by atoms with E-state index in [-0.39, 0.29) is 23.4 Å². The molecule has 1 saturated carbocycles. The van der Waals surface area contributed by atoms with Crippen LogP contribution in [0.4, 0.5) is 0 Å². The quantitative estimate of drug-likeness (QED) is 0.582. The molecule has 0 atom stereocenters. The highest BCUT2D eigenvalue weighted by atomic mass is 32.2. The van der Waals surface area contributed by atoms with Gasteiger partial charge in [0.15, 0.2) is 5.03 Å². The number of carbonyl (C=O) groups excluding carboxylic acids is 1. The molecule has 8 heteroatoms. The normalized spacial score (nSPS) is 15.8. The summed E-state index contributed by atoms with van der Waals surface area (Å²) in [6.07, 6.45) is 3.24. The molecule has 0 spiro atoms. The lowest BCUT2D eigenvalue weighted by Gasteiger charge is -2.05. The van der Waals surface area contributed by atoms with E-state index >= 15 is 0 Å². The Kier molecular flexibility index (Phi) is 3.43. The van der Waals surface area contributed by atoms with Gasteiger partial charge < -0.3 is 5.32 Å². The van der Waals surface area contributed by atoms with Crippen molar-refractivity contribution in [3.8, 4) is 0 Å². The molecule has 1 heterocycles. The molecule has 1 aromatic rings. The maximum Gasteiger partial charge on any atom is 0.257 e. The van der Waals surface area contributed by atoms with Crippen LogP contribution in [0.25, 0.3) is 0 Å². The second-order valence-corrected chi connectivity index (χ2v) is 5.62. The third-order valence-electron chi connectivity index (χ3n) is 2.43. The molecule has 2 rings (SSSR count). The molecule has 1 aliphatic rings. The van der Waals surface area contributed by atoms with Crippen molar-refractivity contribution in [1.82, 2.24) is 20.2 Å². The zero-order valence-electron chi connectivity index (χ0n) is 9.14. The van der Waals surface area contributed by atoms with E-state index in [0.717, 1.165) is 12.8 Å². The van der Waals surface area contributed by atoms with Crippen LogP contribution in [0.3, 0.4) is 0 Å². The van der Waals surface area contributed by atoms with Crippen molar-refractivity contribution in [1.29, 1.82) is 0 Å². The summed E-state index contributed by atoms with van der Waals surface area (Å²) in [5.74, 6) is 0.143. The van der Waals surface area contributed by atoms with Gasteiger partial charge in [-0.25, -0.2) is 13.1 Å². The first kappa shape index (κ1) is 12.1. The predicted octanol–water partition coefficient (Wildman–Crippen LogP) is -0.786. The summed E-state index contributed by atoms with van der Waals surface area (Å²) in [5.41, 5.74) is 0. The van der Waals surface area contributed by atoms with Crippen molar-refractivity contribution in [2.45, 2.75) is 17.9 Å². The molecular weight excluding hydrogens is 244 g/mol. The number of sulfonamides is 1. The van der Waals surface area contributed by atoms with Gasteiger partial charge in [-0.15, -0.1) is 0 Å². The molecule has 0 saturated heterocycles. The summed E-state index contributed by atoms with van der Waals surface area (Å²) in [5, 5.41) is 8.62. The molecule has 0 unspecified atom stereocenters. The van der Waals surface area contributed by atoms with Gasteiger partial charge in [-0.05, 0) is 18.9 Å². The largest absolute Gasteiger partial charge is 0.355 e. The lowest BCUT2D eigenvalue weighted by molar-refractivity contribution is -0.122. The maximum absolute atomic E-state index is 11.6. The smallest absolute Gasteiger partial charge is 0.257 e. The van der Waals surface area contributed by atoms with Gasteiger partial charge in [0.1, 0.15) is 0 Å². The Hall–Kier alpha value is -1.41. The Bertz CT molecular complexity index is 478. The van der Waals surface area contributed by atoms with Crippen LogP contribution in [0.1, 0.15) is 12.8 Å². The first-order valence-corrected chi connectivity index (χ1v) is 6.84. The third kappa shape index (κ3) is 3.27. The lowest BCUT2D eigenvalue weighted by Crippen LogP contribution is -2.35. The average Bonchev–Trinajstić information content (AvgIpc) is 2.99. The van der Waals surface area contributed by atoms with Crippen LogP contribution in [0.5, 0.6) is 0 Å². The fourth-order valence-electron chi connectivity index (χ4n) is 1.33. The molecule has 0 aliphatic heterocycles. The highest BCUT2D eigenvalue weighted by Crippen LogP contribution is 2.28. The number of nitrogens with one attached hydrogen (secondary N) is 3. The Morgan fingerprint density at radius 2 is 2.24 bits per heavy atom. The molecule has 1 fully saturated rings. The van der Waals surface area contributed by atoms with Crippen molar-refractivity contribution >= 4 is 15.9 Å². The second kappa shape index (κ2) is 4.84. The Morgan fingerprint density at radius 3 is 2.82 bits per heavy atom. The van der Waals surface area contributed by atoms with Crippen LogP contribution < -0.4 is 10.0 Å². The first-order chi connectivity index (χ1) is 8.09. The van der Waals surface area contributed by atoms with Gasteiger partial charge in [0, 0.05) is 19.0 Å². The van der Waals surface area contributed by atoms with E-state index in [1.165, 1.54) is 12.3 Å². The first-order valence-electron chi connectivity index (χ1n) is 5.36. The van der Waals surface area contributed by atoms with E-state index in [2.05, 4.69) is 20.2 Å². The molecule has 1 aromatic heterocycles. The summed E-state index contributed by atoms with van der Waals surface area (Å²) in [7, 11) is -3.54. The number of nitrogens with zero attached hydrogens (tertiary/aromatic N) is 1. The Labute approximate surface area is 99.0 Å². The van der Waals surface area contributed by atoms with Crippen LogP contribution in [-0.4, -0.2) is 37.6 Å². The number of H-pyrrole nitrogens is 1. The fourth-order valence-corrected chi connectivity index (χ4v) is 2.27. The van der Waals surface area contributed by atoms with E-state index in [9.17, 15) is 13.2 Å². The zero-order valence-corrected chi connectivity index (χ0v) is 9.96. The van der Waals surface area contributed by atoms with Crippen molar-refractivity contribution in [2.24, 2.45) is 5.92 Å². The number of hydrogen-bond donors (Lipinski definition) is 3. The zero-order chi connectivity index (χ0) is 12.3. The number of aromatic nitrogens is 2. The summed E-state index contributed by atoms with van der Waals surface area (Å²) >= 11 is 0. The minimum Gasteiger partial charge on any atom is -0.355 e. The molecule has 0 bridgehead atoms. The van der Waals surface area contributed by atoms with Gasteiger partial charge in [0.25, 0.3) is 10.0 Å². The van der Waals surface area contributed by atoms with Crippen molar-refractivity contribution in [3.63, 3.8) is 0 Å². The Morgan fingerprint density at radius 1 is 1.47 bits per heavy atom. The standard InChI is InChI=1S/C9H14N4O3S/c14-9(7-1-2-7)10-5-6-12-17(15,16)8-3-4-11-13-8/h3-4,7,12H,1-2,5-6H2,(H,10,14)(H,11,13). The highest BCUT2D eigenvalue weighted by molar-refractivity contribution is 7.89. The van der Waals surface area contributed by atoms with Crippen molar-refractivity contribution in [3.05, 3.63) is 12.3 Å². The van der Waals surface area contributed by atoms with Crippen LogP contribution in [-0.2, 0) is 14.8 Å². The van der Waals surface area contributed by atoms with E-state index in [4.69, 9.17) is 0 Å². The van der Waals surface area contributed by atoms with Crippen LogP contribution >= 0.6 is 0 Å². The topological polar surface area (TPSA) is 104 Å². The molecule has 1 aliphatic carbocycles. The van der Waals surface area contributed by atoms with Gasteiger partial charge in [-0.3, -0.25) is 9.89 Å². The van der Waals surface area contributed by atoms with Crippen molar-refractivity contribution in [2.75, 3.05) is 13.1 Å². The molecule has 7 nitrogen and oxygen atoms in total. The summed E-state index contributed by atoms with van der Waals surface area (Å²) < 4.78 is 25.5. The lowest BCUT2D eigenvalue weighted by atomic mass is 10.4. The minimum atomic E-state index is -3.54. The summed E-state index contributed by atoms with van der Waals surface area (Å²) in [6, 6.07) is 1.37. The molecule has 3 N–H and O–H groups in total. The van der Waals surface area contributed by atoms with E-state index in [1.807, 2.05) is 0 Å². The molecule has 17 heavy (non-hydrogen) atoms. The monoisotopic (exact) mass is 258 g/mol. The van der Waals surface area contributed by atoms with Crippen molar-refractivity contribution < 1.29 is 13.2 Å². The minimum absolute atomic E-state index is 0.00531. The predicted molar refractivity (Wildman–Crippen MR) is 59.5 cm³/mol. The van der Waals surface area contributed by atoms with Crippen LogP contribution in [0.15, 0.2) is 17.3 Å². The van der Waals surface area contributed by atoms with Gasteiger partial charge in [-0.2, -0.15) is 5.10 Å². The molecule has 1 amide bonds. The third-order valence-corrected chi connectivity index (χ3v) is 3.82. The fraction of sp³-hybridized carbons (Fsp3) is 0.556. The molecule has 0 aromatic carbocycles. The van der Waals surface area contributed by atoms with E-state index < -0.39 is 10.0 Å². The SMILES string of the molecule is O=C(NCCNS(=O)(=O)c1ccn[nH]1)C1CC1. The highest BCUT2D eigenvalue weighted by Gasteiger charge is 2.29. The Balaban J connectivity index is 1.72. The van der Waals surface area contributed by atoms with Gasteiger partial charge in [0.2, 0.25) is 5.91 Å². The second-order valence-electron chi connectivity index (χ2n) is 3.88. The number of aromatic amines is 1. The molecule has 0 radical (unpaired) electrons. The summed E-state index contributed by atoms with van der Waals surface area (Å²) in [4.78, 5) is 11.3. The number of carbonyl (C=O) groups is 1. The van der Waals surface area contributed by atoms with Gasteiger partial charge >= 0.3 is 0 Å². The molecule has 94 valence electrons. The van der Waals surface area contributed by atoms with Crippen LogP contribution in [0, 0.1) is 5.92 Å². The summed E-state index contributed by atoms with van der Waals surface area (Å²) in [6.45, 7) is 0.461. The average molecular weight is 258 g/mol. The van der Waals surface area contributed by atoms with E-state index in [0.29, 0.717) is 6.54 Å². The molecular formula is C9H14N4O3S. The van der Waals surface area contributed by atoms with Crippen LogP contribution in [0.2, 0.25) is 0 Å². The van der Waals surface area contributed by atoms with E-state index in [1.54, 1.807) is 0 Å². The maximum atomic E-state index is 11.6.